The van der Waals surface area contributed by atoms with Gasteiger partial charge in [0.1, 0.15) is 0 Å². The van der Waals surface area contributed by atoms with Gasteiger partial charge in [-0.15, -0.1) is 0 Å². The summed E-state index contributed by atoms with van der Waals surface area (Å²) in [5.74, 6) is 0.564. The SMILES string of the molecule is CCCS(=O)(=O)CCN(CCCO)C1CCC1. The van der Waals surface area contributed by atoms with Gasteiger partial charge in [-0.05, 0) is 25.7 Å². The maximum Gasteiger partial charge on any atom is 0.151 e. The van der Waals surface area contributed by atoms with Gasteiger partial charge in [-0.3, -0.25) is 4.90 Å². The summed E-state index contributed by atoms with van der Waals surface area (Å²) in [6.07, 6.45) is 5.05. The van der Waals surface area contributed by atoms with Gasteiger partial charge < -0.3 is 5.11 Å². The molecule has 0 aromatic rings. The molecule has 0 aromatic carbocycles. The Bertz CT molecular complexity index is 299. The summed E-state index contributed by atoms with van der Waals surface area (Å²) >= 11 is 0. The largest absolute Gasteiger partial charge is 0.396 e. The molecule has 1 aliphatic rings. The van der Waals surface area contributed by atoms with Crippen LogP contribution in [0.5, 0.6) is 0 Å². The number of aliphatic hydroxyl groups excluding tert-OH is 1. The lowest BCUT2D eigenvalue weighted by atomic mass is 9.91. The Hall–Kier alpha value is -0.130. The van der Waals surface area contributed by atoms with Crippen molar-refractivity contribution in [1.82, 2.24) is 4.90 Å². The van der Waals surface area contributed by atoms with Crippen LogP contribution in [0.2, 0.25) is 0 Å². The number of aliphatic hydroxyl groups is 1. The zero-order valence-corrected chi connectivity index (χ0v) is 11.6. The normalized spacial score (nSPS) is 17.4. The van der Waals surface area contributed by atoms with Crippen LogP contribution in [0, 0.1) is 0 Å². The number of rotatable bonds is 9. The van der Waals surface area contributed by atoms with Crippen molar-refractivity contribution >= 4 is 9.84 Å². The van der Waals surface area contributed by atoms with Crippen molar-refractivity contribution in [2.45, 2.75) is 45.1 Å². The molecule has 0 radical (unpaired) electrons. The summed E-state index contributed by atoms with van der Waals surface area (Å²) in [7, 11) is -2.87. The molecule has 1 rings (SSSR count). The molecule has 4 nitrogen and oxygen atoms in total. The zero-order valence-electron chi connectivity index (χ0n) is 10.8. The number of nitrogens with zero attached hydrogens (tertiary/aromatic N) is 1. The molecule has 1 aliphatic carbocycles. The molecule has 0 saturated heterocycles. The average Bonchev–Trinajstić information content (AvgIpc) is 2.19. The van der Waals surface area contributed by atoms with Gasteiger partial charge in [-0.1, -0.05) is 13.3 Å². The van der Waals surface area contributed by atoms with Crippen molar-refractivity contribution in [1.29, 1.82) is 0 Å². The van der Waals surface area contributed by atoms with Gasteiger partial charge in [0.05, 0.1) is 5.75 Å². The summed E-state index contributed by atoms with van der Waals surface area (Å²) in [6.45, 7) is 3.54. The molecule has 0 unspecified atom stereocenters. The van der Waals surface area contributed by atoms with Gasteiger partial charge in [-0.25, -0.2) is 8.42 Å². The van der Waals surface area contributed by atoms with Gasteiger partial charge >= 0.3 is 0 Å². The van der Waals surface area contributed by atoms with Crippen LogP contribution in [0.15, 0.2) is 0 Å². The van der Waals surface area contributed by atoms with E-state index in [2.05, 4.69) is 4.90 Å². The fourth-order valence-electron chi connectivity index (χ4n) is 2.17. The predicted molar refractivity (Wildman–Crippen MR) is 69.9 cm³/mol. The van der Waals surface area contributed by atoms with E-state index in [-0.39, 0.29) is 12.4 Å². The molecule has 17 heavy (non-hydrogen) atoms. The van der Waals surface area contributed by atoms with Crippen LogP contribution in [0.25, 0.3) is 0 Å². The van der Waals surface area contributed by atoms with Crippen molar-refractivity contribution in [3.05, 3.63) is 0 Å². The Kier molecular flexibility index (Phi) is 6.44. The van der Waals surface area contributed by atoms with E-state index < -0.39 is 9.84 Å². The molecule has 0 bridgehead atoms. The zero-order chi connectivity index (χ0) is 12.7. The van der Waals surface area contributed by atoms with Crippen LogP contribution >= 0.6 is 0 Å². The first kappa shape index (κ1) is 14.9. The van der Waals surface area contributed by atoms with Crippen LogP contribution in [0.3, 0.4) is 0 Å². The lowest BCUT2D eigenvalue weighted by Crippen LogP contribution is -2.43. The van der Waals surface area contributed by atoms with Gasteiger partial charge in [0.15, 0.2) is 9.84 Å². The minimum atomic E-state index is -2.87. The van der Waals surface area contributed by atoms with Crippen molar-refractivity contribution in [3.63, 3.8) is 0 Å². The lowest BCUT2D eigenvalue weighted by molar-refractivity contribution is 0.124. The van der Waals surface area contributed by atoms with E-state index in [0.29, 0.717) is 24.8 Å². The molecule has 0 aromatic heterocycles. The number of hydrogen-bond donors (Lipinski definition) is 1. The first-order valence-electron chi connectivity index (χ1n) is 6.64. The molecule has 1 fully saturated rings. The number of hydrogen-bond acceptors (Lipinski definition) is 4. The van der Waals surface area contributed by atoms with E-state index in [0.717, 1.165) is 13.0 Å². The molecule has 0 amide bonds. The average molecular weight is 263 g/mol. The molecule has 0 heterocycles. The van der Waals surface area contributed by atoms with Gasteiger partial charge in [0, 0.05) is 31.5 Å². The Morgan fingerprint density at radius 1 is 1.24 bits per heavy atom. The quantitative estimate of drug-likeness (QED) is 0.675. The van der Waals surface area contributed by atoms with Gasteiger partial charge in [0.25, 0.3) is 0 Å². The van der Waals surface area contributed by atoms with E-state index in [9.17, 15) is 8.42 Å². The van der Waals surface area contributed by atoms with Crippen LogP contribution in [-0.4, -0.2) is 55.7 Å². The van der Waals surface area contributed by atoms with Crippen LogP contribution in [0.1, 0.15) is 39.0 Å². The molecule has 1 N–H and O–H groups in total. The van der Waals surface area contributed by atoms with E-state index in [1.165, 1.54) is 19.3 Å². The molecule has 102 valence electrons. The monoisotopic (exact) mass is 263 g/mol. The predicted octanol–water partition coefficient (Wildman–Crippen LogP) is 1.05. The number of sulfone groups is 1. The lowest BCUT2D eigenvalue weighted by Gasteiger charge is -2.37. The van der Waals surface area contributed by atoms with Gasteiger partial charge in [0.2, 0.25) is 0 Å². The van der Waals surface area contributed by atoms with Crippen molar-refractivity contribution in [2.24, 2.45) is 0 Å². The molecule has 5 heteroatoms. The van der Waals surface area contributed by atoms with E-state index in [4.69, 9.17) is 5.11 Å². The van der Waals surface area contributed by atoms with Crippen LogP contribution in [-0.2, 0) is 9.84 Å². The first-order valence-corrected chi connectivity index (χ1v) is 8.46. The van der Waals surface area contributed by atoms with Crippen LogP contribution in [0.4, 0.5) is 0 Å². The molecule has 1 saturated carbocycles. The highest BCUT2D eigenvalue weighted by Gasteiger charge is 2.25. The fourth-order valence-corrected chi connectivity index (χ4v) is 3.51. The second kappa shape index (κ2) is 7.34. The standard InChI is InChI=1S/C12H25NO3S/c1-2-10-17(15,16)11-8-13(7-4-9-14)12-5-3-6-12/h12,14H,2-11H2,1H3. The maximum atomic E-state index is 11.7. The molecule has 0 spiro atoms. The Morgan fingerprint density at radius 2 is 1.94 bits per heavy atom. The molecular weight excluding hydrogens is 238 g/mol. The second-order valence-corrected chi connectivity index (χ2v) is 7.15. The summed E-state index contributed by atoms with van der Waals surface area (Å²) in [5.41, 5.74) is 0. The van der Waals surface area contributed by atoms with Crippen molar-refractivity contribution < 1.29 is 13.5 Å². The highest BCUT2D eigenvalue weighted by Crippen LogP contribution is 2.24. The summed E-state index contributed by atoms with van der Waals surface area (Å²) < 4.78 is 23.3. The van der Waals surface area contributed by atoms with Crippen molar-refractivity contribution in [3.8, 4) is 0 Å². The van der Waals surface area contributed by atoms with Gasteiger partial charge in [-0.2, -0.15) is 0 Å². The topological polar surface area (TPSA) is 57.6 Å². The Labute approximate surface area is 105 Å². The molecular formula is C12H25NO3S. The maximum absolute atomic E-state index is 11.7. The third-order valence-electron chi connectivity index (χ3n) is 3.40. The second-order valence-electron chi connectivity index (χ2n) is 4.85. The van der Waals surface area contributed by atoms with Crippen LogP contribution < -0.4 is 0 Å². The van der Waals surface area contributed by atoms with E-state index in [1.54, 1.807) is 0 Å². The molecule has 0 aliphatic heterocycles. The Morgan fingerprint density at radius 3 is 2.41 bits per heavy atom. The third kappa shape index (κ3) is 5.36. The third-order valence-corrected chi connectivity index (χ3v) is 5.23. The summed E-state index contributed by atoms with van der Waals surface area (Å²) in [5, 5.41) is 8.86. The minimum Gasteiger partial charge on any atom is -0.396 e. The Balaban J connectivity index is 2.37. The molecule has 0 atom stereocenters. The van der Waals surface area contributed by atoms with Crippen molar-refractivity contribution in [2.75, 3.05) is 31.2 Å². The highest BCUT2D eigenvalue weighted by molar-refractivity contribution is 7.91. The minimum absolute atomic E-state index is 0.185. The highest BCUT2D eigenvalue weighted by atomic mass is 32.2. The summed E-state index contributed by atoms with van der Waals surface area (Å²) in [6, 6.07) is 0.554. The van der Waals surface area contributed by atoms with E-state index >= 15 is 0 Å². The fraction of sp³-hybridized carbons (Fsp3) is 1.00. The summed E-state index contributed by atoms with van der Waals surface area (Å²) in [4.78, 5) is 2.24. The van der Waals surface area contributed by atoms with E-state index in [1.807, 2.05) is 6.92 Å². The smallest absolute Gasteiger partial charge is 0.151 e. The first-order chi connectivity index (χ1) is 8.09.